The van der Waals surface area contributed by atoms with Crippen LogP contribution in [0.2, 0.25) is 0 Å². The minimum Gasteiger partial charge on any atom is -0.441 e. The topological polar surface area (TPSA) is 75.8 Å². The van der Waals surface area contributed by atoms with Crippen molar-refractivity contribution in [1.29, 1.82) is 5.26 Å². The van der Waals surface area contributed by atoms with Crippen molar-refractivity contribution in [1.82, 2.24) is 4.98 Å². The van der Waals surface area contributed by atoms with Crippen LogP contribution >= 0.6 is 0 Å². The summed E-state index contributed by atoms with van der Waals surface area (Å²) in [4.78, 5) is 4.25. The molecule has 2 rings (SSSR count). The third-order valence-electron chi connectivity index (χ3n) is 2.51. The van der Waals surface area contributed by atoms with Gasteiger partial charge in [-0.3, -0.25) is 0 Å². The van der Waals surface area contributed by atoms with Crippen LogP contribution in [0.3, 0.4) is 0 Å². The van der Waals surface area contributed by atoms with E-state index < -0.39 is 0 Å². The molecular formula is C12H13N3O. The highest BCUT2D eigenvalue weighted by Crippen LogP contribution is 2.22. The van der Waals surface area contributed by atoms with Gasteiger partial charge in [-0.15, -0.1) is 0 Å². The van der Waals surface area contributed by atoms with Gasteiger partial charge in [0.1, 0.15) is 5.52 Å². The van der Waals surface area contributed by atoms with Gasteiger partial charge in [0.05, 0.1) is 6.07 Å². The highest BCUT2D eigenvalue weighted by Gasteiger charge is 2.08. The maximum absolute atomic E-state index is 8.50. The van der Waals surface area contributed by atoms with E-state index in [0.29, 0.717) is 18.7 Å². The van der Waals surface area contributed by atoms with E-state index in [-0.39, 0.29) is 6.04 Å². The molecule has 0 spiro atoms. The Balaban J connectivity index is 2.28. The summed E-state index contributed by atoms with van der Waals surface area (Å²) in [7, 11) is 0. The Morgan fingerprint density at radius 3 is 3.12 bits per heavy atom. The average molecular weight is 215 g/mol. The van der Waals surface area contributed by atoms with Gasteiger partial charge in [-0.2, -0.15) is 5.26 Å². The molecule has 0 aliphatic rings. The van der Waals surface area contributed by atoms with Crippen molar-refractivity contribution in [3.63, 3.8) is 0 Å². The van der Waals surface area contributed by atoms with Crippen molar-refractivity contribution in [2.24, 2.45) is 5.73 Å². The van der Waals surface area contributed by atoms with Crippen molar-refractivity contribution in [3.05, 3.63) is 29.7 Å². The fourth-order valence-corrected chi connectivity index (χ4v) is 1.68. The van der Waals surface area contributed by atoms with Crippen LogP contribution in [0.25, 0.3) is 11.1 Å². The van der Waals surface area contributed by atoms with Gasteiger partial charge in [0.2, 0.25) is 0 Å². The van der Waals surface area contributed by atoms with Crippen molar-refractivity contribution < 1.29 is 4.42 Å². The molecule has 0 aliphatic heterocycles. The minimum absolute atomic E-state index is 0.110. The normalized spacial score (nSPS) is 12.6. The van der Waals surface area contributed by atoms with Crippen LogP contribution < -0.4 is 5.73 Å². The number of hydrogen-bond donors (Lipinski definition) is 1. The average Bonchev–Trinajstić information content (AvgIpc) is 2.64. The largest absolute Gasteiger partial charge is 0.441 e. The zero-order valence-corrected chi connectivity index (χ0v) is 9.10. The van der Waals surface area contributed by atoms with E-state index in [0.717, 1.165) is 16.7 Å². The molecule has 16 heavy (non-hydrogen) atoms. The van der Waals surface area contributed by atoms with E-state index in [9.17, 15) is 0 Å². The highest BCUT2D eigenvalue weighted by molar-refractivity contribution is 5.73. The summed E-state index contributed by atoms with van der Waals surface area (Å²) >= 11 is 0. The number of aryl methyl sites for hydroxylation is 1. The van der Waals surface area contributed by atoms with Gasteiger partial charge in [-0.05, 0) is 24.1 Å². The van der Waals surface area contributed by atoms with Gasteiger partial charge >= 0.3 is 0 Å². The predicted octanol–water partition coefficient (Wildman–Crippen LogP) is 2.44. The lowest BCUT2D eigenvalue weighted by molar-refractivity contribution is 0.561. The third kappa shape index (κ3) is 2.05. The Morgan fingerprint density at radius 1 is 1.56 bits per heavy atom. The first-order valence-corrected chi connectivity index (χ1v) is 5.20. The Hall–Kier alpha value is -1.86. The molecule has 0 amide bonds. The minimum atomic E-state index is -0.110. The van der Waals surface area contributed by atoms with E-state index >= 15 is 0 Å². The predicted molar refractivity (Wildman–Crippen MR) is 60.5 cm³/mol. The molecule has 4 nitrogen and oxygen atoms in total. The van der Waals surface area contributed by atoms with Gasteiger partial charge < -0.3 is 10.2 Å². The number of rotatable bonds is 3. The summed E-state index contributed by atoms with van der Waals surface area (Å²) < 4.78 is 5.38. The number of nitriles is 1. The van der Waals surface area contributed by atoms with Crippen LogP contribution in [-0.4, -0.2) is 4.98 Å². The first-order valence-electron chi connectivity index (χ1n) is 5.20. The molecule has 0 saturated heterocycles. The number of aromatic nitrogens is 1. The second kappa shape index (κ2) is 4.33. The second-order valence-corrected chi connectivity index (χ2v) is 3.76. The fraction of sp³-hybridized carbons (Fsp3) is 0.333. The summed E-state index contributed by atoms with van der Waals surface area (Å²) in [6.07, 6.45) is 1.13. The van der Waals surface area contributed by atoms with Crippen molar-refractivity contribution in [3.8, 4) is 6.07 Å². The summed E-state index contributed by atoms with van der Waals surface area (Å²) in [5.41, 5.74) is 8.56. The molecule has 1 aromatic heterocycles. The van der Waals surface area contributed by atoms with Gasteiger partial charge in [-0.1, -0.05) is 6.07 Å². The van der Waals surface area contributed by atoms with Crippen molar-refractivity contribution >= 4 is 11.1 Å². The quantitative estimate of drug-likeness (QED) is 0.853. The van der Waals surface area contributed by atoms with E-state index in [1.165, 1.54) is 0 Å². The Bertz CT molecular complexity index is 539. The molecule has 1 atom stereocenters. The molecule has 0 saturated carbocycles. The summed E-state index contributed by atoms with van der Waals surface area (Å²) in [5.74, 6) is 0.651. The molecule has 82 valence electrons. The zero-order valence-electron chi connectivity index (χ0n) is 9.10. The van der Waals surface area contributed by atoms with E-state index in [1.807, 2.05) is 25.1 Å². The number of oxazole rings is 1. The molecule has 2 N–H and O–H groups in total. The molecule has 1 unspecified atom stereocenters. The standard InChI is InChI=1S/C12H13N3O/c1-8-15-11-7-9(4-5-12(11)16-8)10(14)3-2-6-13/h4-5,7,10H,2-3,14H2,1H3. The van der Waals surface area contributed by atoms with Gasteiger partial charge in [0.15, 0.2) is 11.5 Å². The smallest absolute Gasteiger partial charge is 0.192 e. The maximum atomic E-state index is 8.50. The monoisotopic (exact) mass is 215 g/mol. The molecular weight excluding hydrogens is 202 g/mol. The summed E-state index contributed by atoms with van der Waals surface area (Å²) in [6, 6.07) is 7.71. The highest BCUT2D eigenvalue weighted by atomic mass is 16.3. The lowest BCUT2D eigenvalue weighted by Crippen LogP contribution is -2.09. The third-order valence-corrected chi connectivity index (χ3v) is 2.51. The summed E-state index contributed by atoms with van der Waals surface area (Å²) in [5, 5.41) is 8.50. The Kier molecular flexibility index (Phi) is 2.88. The van der Waals surface area contributed by atoms with Gasteiger partial charge in [-0.25, -0.2) is 4.98 Å². The molecule has 1 heterocycles. The number of hydrogen-bond acceptors (Lipinski definition) is 4. The fourth-order valence-electron chi connectivity index (χ4n) is 1.68. The molecule has 0 fully saturated rings. The van der Waals surface area contributed by atoms with Crippen LogP contribution in [0.4, 0.5) is 0 Å². The van der Waals surface area contributed by atoms with Crippen molar-refractivity contribution in [2.45, 2.75) is 25.8 Å². The molecule has 1 aromatic carbocycles. The summed E-state index contributed by atoms with van der Waals surface area (Å²) in [6.45, 7) is 1.81. The van der Waals surface area contributed by atoms with E-state index in [1.54, 1.807) is 0 Å². The Morgan fingerprint density at radius 2 is 2.38 bits per heavy atom. The second-order valence-electron chi connectivity index (χ2n) is 3.76. The molecule has 2 aromatic rings. The lowest BCUT2D eigenvalue weighted by Gasteiger charge is -2.08. The Labute approximate surface area is 93.7 Å². The van der Waals surface area contributed by atoms with Gasteiger partial charge in [0, 0.05) is 19.4 Å². The van der Waals surface area contributed by atoms with Crippen LogP contribution in [0.1, 0.15) is 30.3 Å². The number of nitrogens with two attached hydrogens (primary N) is 1. The SMILES string of the molecule is Cc1nc2cc(C(N)CCC#N)ccc2o1. The molecule has 0 aliphatic carbocycles. The lowest BCUT2D eigenvalue weighted by atomic mass is 10.0. The number of nitrogens with zero attached hydrogens (tertiary/aromatic N) is 2. The number of benzene rings is 1. The van der Waals surface area contributed by atoms with Crippen LogP contribution in [0.15, 0.2) is 22.6 Å². The zero-order chi connectivity index (χ0) is 11.5. The molecule has 0 radical (unpaired) electrons. The first kappa shape index (κ1) is 10.7. The van der Waals surface area contributed by atoms with Crippen LogP contribution in [0.5, 0.6) is 0 Å². The first-order chi connectivity index (χ1) is 7.70. The molecule has 4 heteroatoms. The maximum Gasteiger partial charge on any atom is 0.192 e. The molecule has 0 bridgehead atoms. The van der Waals surface area contributed by atoms with E-state index in [4.69, 9.17) is 15.4 Å². The van der Waals surface area contributed by atoms with Gasteiger partial charge in [0.25, 0.3) is 0 Å². The van der Waals surface area contributed by atoms with Crippen molar-refractivity contribution in [2.75, 3.05) is 0 Å². The van der Waals surface area contributed by atoms with Crippen LogP contribution in [-0.2, 0) is 0 Å². The van der Waals surface area contributed by atoms with Crippen LogP contribution in [0, 0.1) is 18.3 Å². The van der Waals surface area contributed by atoms with E-state index in [2.05, 4.69) is 11.1 Å². The number of fused-ring (bicyclic) bond motifs is 1.